The minimum absolute atomic E-state index is 0.191. The second-order valence-corrected chi connectivity index (χ2v) is 6.35. The number of nitrogens with one attached hydrogen (secondary N) is 2. The average Bonchev–Trinajstić information content (AvgIpc) is 2.45. The molecule has 4 nitrogen and oxygen atoms in total. The Morgan fingerprint density at radius 1 is 1.26 bits per heavy atom. The highest BCUT2D eigenvalue weighted by Gasteiger charge is 2.34. The molecule has 2 aliphatic heterocycles. The molecule has 2 fully saturated rings. The predicted octanol–water partition coefficient (Wildman–Crippen LogP) is 1.37. The van der Waals surface area contributed by atoms with E-state index in [4.69, 9.17) is 0 Å². The fourth-order valence-corrected chi connectivity index (χ4v) is 3.15. The van der Waals surface area contributed by atoms with Gasteiger partial charge in [-0.25, -0.2) is 0 Å². The first kappa shape index (κ1) is 14.8. The van der Waals surface area contributed by atoms with Crippen molar-refractivity contribution in [2.24, 2.45) is 5.41 Å². The summed E-state index contributed by atoms with van der Waals surface area (Å²) >= 11 is 0. The normalized spacial score (nSPS) is 29.1. The minimum Gasteiger partial charge on any atom is -0.356 e. The maximum atomic E-state index is 12.2. The summed E-state index contributed by atoms with van der Waals surface area (Å²) in [7, 11) is 0. The van der Waals surface area contributed by atoms with Crippen LogP contribution in [0.4, 0.5) is 0 Å². The zero-order chi connectivity index (χ0) is 13.6. The number of hydrogen-bond donors (Lipinski definition) is 2. The summed E-state index contributed by atoms with van der Waals surface area (Å²) in [5.41, 5.74) is -0.191. The monoisotopic (exact) mass is 267 g/mol. The van der Waals surface area contributed by atoms with Gasteiger partial charge in [0.2, 0.25) is 5.91 Å². The van der Waals surface area contributed by atoms with Gasteiger partial charge in [-0.2, -0.15) is 0 Å². The van der Waals surface area contributed by atoms with E-state index in [9.17, 15) is 4.79 Å². The van der Waals surface area contributed by atoms with Gasteiger partial charge in [0, 0.05) is 13.1 Å². The van der Waals surface area contributed by atoms with Crippen LogP contribution in [0, 0.1) is 5.41 Å². The van der Waals surface area contributed by atoms with Gasteiger partial charge in [0.1, 0.15) is 0 Å². The highest BCUT2D eigenvalue weighted by Crippen LogP contribution is 2.25. The van der Waals surface area contributed by atoms with Crippen LogP contribution in [0.2, 0.25) is 0 Å². The van der Waals surface area contributed by atoms with Gasteiger partial charge in [-0.05, 0) is 65.2 Å². The molecular weight excluding hydrogens is 238 g/mol. The first-order chi connectivity index (χ1) is 9.21. The SMILES string of the molecule is CC1(C(=O)NCCCN2CCCCC2)CCCNC1. The predicted molar refractivity (Wildman–Crippen MR) is 78.1 cm³/mol. The fraction of sp³-hybridized carbons (Fsp3) is 0.933. The molecule has 110 valence electrons. The maximum Gasteiger partial charge on any atom is 0.227 e. The molecule has 2 N–H and O–H groups in total. The third kappa shape index (κ3) is 4.46. The van der Waals surface area contributed by atoms with Crippen LogP contribution in [0.5, 0.6) is 0 Å². The zero-order valence-corrected chi connectivity index (χ0v) is 12.3. The molecule has 2 aliphatic rings. The molecule has 0 radical (unpaired) electrons. The Hall–Kier alpha value is -0.610. The molecule has 1 unspecified atom stereocenters. The van der Waals surface area contributed by atoms with Gasteiger partial charge in [0.15, 0.2) is 0 Å². The lowest BCUT2D eigenvalue weighted by molar-refractivity contribution is -0.131. The number of hydrogen-bond acceptors (Lipinski definition) is 3. The zero-order valence-electron chi connectivity index (χ0n) is 12.3. The van der Waals surface area contributed by atoms with Crippen molar-refractivity contribution in [3.05, 3.63) is 0 Å². The molecule has 1 atom stereocenters. The summed E-state index contributed by atoms with van der Waals surface area (Å²) in [5.74, 6) is 0.235. The van der Waals surface area contributed by atoms with Gasteiger partial charge < -0.3 is 15.5 Å². The molecule has 0 aromatic carbocycles. The second-order valence-electron chi connectivity index (χ2n) is 6.35. The minimum atomic E-state index is -0.191. The summed E-state index contributed by atoms with van der Waals surface area (Å²) in [4.78, 5) is 14.7. The number of rotatable bonds is 5. The van der Waals surface area contributed by atoms with E-state index in [1.54, 1.807) is 0 Å². The molecule has 2 saturated heterocycles. The van der Waals surface area contributed by atoms with Crippen LogP contribution >= 0.6 is 0 Å². The van der Waals surface area contributed by atoms with Crippen molar-refractivity contribution in [1.29, 1.82) is 0 Å². The van der Waals surface area contributed by atoms with Crippen LogP contribution < -0.4 is 10.6 Å². The molecule has 4 heteroatoms. The van der Waals surface area contributed by atoms with Crippen molar-refractivity contribution in [2.45, 2.75) is 45.4 Å². The highest BCUT2D eigenvalue weighted by atomic mass is 16.2. The van der Waals surface area contributed by atoms with Gasteiger partial charge in [-0.3, -0.25) is 4.79 Å². The van der Waals surface area contributed by atoms with Crippen LogP contribution in [0.25, 0.3) is 0 Å². The summed E-state index contributed by atoms with van der Waals surface area (Å²) in [5, 5.41) is 6.46. The Bertz CT molecular complexity index is 281. The molecule has 2 heterocycles. The Kier molecular flexibility index (Phi) is 5.64. The molecule has 0 aromatic heterocycles. The second kappa shape index (κ2) is 7.25. The van der Waals surface area contributed by atoms with Crippen molar-refractivity contribution in [3.63, 3.8) is 0 Å². The van der Waals surface area contributed by atoms with E-state index in [0.717, 1.165) is 45.4 Å². The van der Waals surface area contributed by atoms with Crippen molar-refractivity contribution in [3.8, 4) is 0 Å². The number of amides is 1. The van der Waals surface area contributed by atoms with Crippen molar-refractivity contribution < 1.29 is 4.79 Å². The molecule has 0 aromatic rings. The van der Waals surface area contributed by atoms with Gasteiger partial charge in [0.05, 0.1) is 5.41 Å². The van der Waals surface area contributed by atoms with Gasteiger partial charge in [-0.15, -0.1) is 0 Å². The smallest absolute Gasteiger partial charge is 0.227 e. The Balaban J connectivity index is 1.60. The quantitative estimate of drug-likeness (QED) is 0.740. The molecule has 19 heavy (non-hydrogen) atoms. The van der Waals surface area contributed by atoms with Crippen molar-refractivity contribution >= 4 is 5.91 Å². The number of carbonyl (C=O) groups is 1. The maximum absolute atomic E-state index is 12.2. The summed E-state index contributed by atoms with van der Waals surface area (Å²) in [6.45, 7) is 8.41. The van der Waals surface area contributed by atoms with E-state index in [-0.39, 0.29) is 11.3 Å². The van der Waals surface area contributed by atoms with Crippen LogP contribution in [0.3, 0.4) is 0 Å². The molecule has 1 amide bonds. The molecule has 0 saturated carbocycles. The molecule has 0 aliphatic carbocycles. The lowest BCUT2D eigenvalue weighted by Crippen LogP contribution is -2.49. The van der Waals surface area contributed by atoms with Gasteiger partial charge in [-0.1, -0.05) is 6.42 Å². The number of carbonyl (C=O) groups excluding carboxylic acids is 1. The van der Waals surface area contributed by atoms with Crippen molar-refractivity contribution in [2.75, 3.05) is 39.3 Å². The van der Waals surface area contributed by atoms with E-state index in [2.05, 4.69) is 22.5 Å². The van der Waals surface area contributed by atoms with Crippen LogP contribution in [0.15, 0.2) is 0 Å². The first-order valence-electron chi connectivity index (χ1n) is 7.92. The Morgan fingerprint density at radius 3 is 2.74 bits per heavy atom. The third-order valence-electron chi connectivity index (χ3n) is 4.53. The lowest BCUT2D eigenvalue weighted by Gasteiger charge is -2.32. The Morgan fingerprint density at radius 2 is 2.05 bits per heavy atom. The highest BCUT2D eigenvalue weighted by molar-refractivity contribution is 5.82. The molecular formula is C15H29N3O. The van der Waals surface area contributed by atoms with Gasteiger partial charge >= 0.3 is 0 Å². The summed E-state index contributed by atoms with van der Waals surface area (Å²) < 4.78 is 0. The van der Waals surface area contributed by atoms with E-state index in [0.29, 0.717) is 0 Å². The summed E-state index contributed by atoms with van der Waals surface area (Å²) in [6, 6.07) is 0. The molecule has 0 bridgehead atoms. The van der Waals surface area contributed by atoms with E-state index < -0.39 is 0 Å². The third-order valence-corrected chi connectivity index (χ3v) is 4.53. The van der Waals surface area contributed by atoms with E-state index in [1.165, 1.54) is 32.4 Å². The van der Waals surface area contributed by atoms with Crippen LogP contribution in [0.1, 0.15) is 45.4 Å². The van der Waals surface area contributed by atoms with E-state index >= 15 is 0 Å². The molecule has 2 rings (SSSR count). The average molecular weight is 267 g/mol. The summed E-state index contributed by atoms with van der Waals surface area (Å²) in [6.07, 6.45) is 7.27. The van der Waals surface area contributed by atoms with Crippen LogP contribution in [-0.2, 0) is 4.79 Å². The fourth-order valence-electron chi connectivity index (χ4n) is 3.15. The van der Waals surface area contributed by atoms with E-state index in [1.807, 2.05) is 0 Å². The number of piperidine rings is 2. The standard InChI is InChI=1S/C15H29N3O/c1-15(7-5-8-16-13-15)14(19)17-9-6-12-18-10-3-2-4-11-18/h16H,2-13H2,1H3,(H,17,19). The largest absolute Gasteiger partial charge is 0.356 e. The number of likely N-dealkylation sites (tertiary alicyclic amines) is 1. The molecule has 0 spiro atoms. The van der Waals surface area contributed by atoms with Crippen molar-refractivity contribution in [1.82, 2.24) is 15.5 Å². The first-order valence-corrected chi connectivity index (χ1v) is 7.92. The lowest BCUT2D eigenvalue weighted by atomic mass is 9.82. The Labute approximate surface area is 117 Å². The topological polar surface area (TPSA) is 44.4 Å². The van der Waals surface area contributed by atoms with Gasteiger partial charge in [0.25, 0.3) is 0 Å². The van der Waals surface area contributed by atoms with Crippen LogP contribution in [-0.4, -0.2) is 50.1 Å². The number of nitrogens with zero attached hydrogens (tertiary/aromatic N) is 1.